The molecule has 9 heteroatoms. The van der Waals surface area contributed by atoms with E-state index in [4.69, 9.17) is 5.11 Å². The Bertz CT molecular complexity index is 404. The Labute approximate surface area is 96.7 Å². The van der Waals surface area contributed by atoms with Crippen molar-refractivity contribution in [1.29, 1.82) is 0 Å². The lowest BCUT2D eigenvalue weighted by atomic mass is 10.3. The minimum absolute atomic E-state index is 0.379. The van der Waals surface area contributed by atoms with Gasteiger partial charge in [0.15, 0.2) is 12.4 Å². The Morgan fingerprint density at radius 1 is 1.65 bits per heavy atom. The van der Waals surface area contributed by atoms with Gasteiger partial charge in [0, 0.05) is 7.05 Å². The predicted molar refractivity (Wildman–Crippen MR) is 54.7 cm³/mol. The topological polar surface area (TPSA) is 118 Å². The van der Waals surface area contributed by atoms with Gasteiger partial charge in [0.1, 0.15) is 6.33 Å². The van der Waals surface area contributed by atoms with Gasteiger partial charge in [0.25, 0.3) is 0 Å². The number of hydrogen-bond acceptors (Lipinski definition) is 5. The first-order chi connectivity index (χ1) is 8.00. The Balaban J connectivity index is 2.36. The number of hydroxylamine groups is 1. The third-order valence-electron chi connectivity index (χ3n) is 1.84. The van der Waals surface area contributed by atoms with Gasteiger partial charge in [-0.15, -0.1) is 10.2 Å². The molecule has 0 aromatic carbocycles. The number of carboxylic acid groups (broad SMARTS) is 1. The van der Waals surface area contributed by atoms with Gasteiger partial charge in [-0.1, -0.05) is 0 Å². The normalized spacial score (nSPS) is 11.9. The summed E-state index contributed by atoms with van der Waals surface area (Å²) in [6.45, 7) is 1.10. The van der Waals surface area contributed by atoms with Crippen LogP contribution in [0.15, 0.2) is 6.33 Å². The molecule has 3 N–H and O–H groups in total. The highest BCUT2D eigenvalue weighted by Crippen LogP contribution is 2.06. The minimum atomic E-state index is -1.17. The molecule has 0 aliphatic heterocycles. The van der Waals surface area contributed by atoms with Crippen LogP contribution >= 0.6 is 0 Å². The third-order valence-corrected chi connectivity index (χ3v) is 1.84. The molecule has 1 unspecified atom stereocenters. The maximum Gasteiger partial charge on any atom is 0.339 e. The molecule has 0 spiro atoms. The number of nitrogens with one attached hydrogen (secondary N) is 2. The van der Waals surface area contributed by atoms with Crippen molar-refractivity contribution in [2.24, 2.45) is 7.05 Å². The van der Waals surface area contributed by atoms with Crippen LogP contribution in [-0.4, -0.2) is 38.5 Å². The van der Waals surface area contributed by atoms with Crippen LogP contribution in [0.1, 0.15) is 18.8 Å². The first-order valence-electron chi connectivity index (χ1n) is 4.74. The third kappa shape index (κ3) is 4.07. The number of nitrogens with zero attached hydrogens (tertiary/aromatic N) is 3. The van der Waals surface area contributed by atoms with Crippen molar-refractivity contribution < 1.29 is 19.5 Å². The zero-order chi connectivity index (χ0) is 12.8. The number of aliphatic carboxylic acids is 1. The molecule has 2 amide bonds. The van der Waals surface area contributed by atoms with Crippen molar-refractivity contribution in [3.8, 4) is 0 Å². The molecule has 1 atom stereocenters. The lowest BCUT2D eigenvalue weighted by molar-refractivity contribution is -0.144. The Morgan fingerprint density at radius 3 is 2.88 bits per heavy atom. The fourth-order valence-electron chi connectivity index (χ4n) is 1.14. The average Bonchev–Trinajstić information content (AvgIpc) is 2.63. The van der Waals surface area contributed by atoms with Crippen LogP contribution in [0.4, 0.5) is 4.79 Å². The van der Waals surface area contributed by atoms with Crippen LogP contribution in [0.2, 0.25) is 0 Å². The zero-order valence-electron chi connectivity index (χ0n) is 9.38. The van der Waals surface area contributed by atoms with Gasteiger partial charge in [-0.3, -0.25) is 4.84 Å². The van der Waals surface area contributed by atoms with Gasteiger partial charge in [0.05, 0.1) is 6.04 Å². The van der Waals surface area contributed by atoms with E-state index < -0.39 is 18.6 Å². The number of aromatic nitrogens is 3. The minimum Gasteiger partial charge on any atom is -0.479 e. The molecule has 1 aromatic heterocycles. The van der Waals surface area contributed by atoms with Crippen LogP contribution in [0.25, 0.3) is 0 Å². The van der Waals surface area contributed by atoms with Gasteiger partial charge in [-0.05, 0) is 6.92 Å². The second-order valence-corrected chi connectivity index (χ2v) is 3.28. The van der Waals surface area contributed by atoms with E-state index in [1.807, 2.05) is 5.48 Å². The summed E-state index contributed by atoms with van der Waals surface area (Å²) in [4.78, 5) is 25.8. The van der Waals surface area contributed by atoms with Crippen LogP contribution in [0.3, 0.4) is 0 Å². The monoisotopic (exact) mass is 243 g/mol. The number of carbonyl (C=O) groups is 2. The molecule has 9 nitrogen and oxygen atoms in total. The van der Waals surface area contributed by atoms with Crippen molar-refractivity contribution in [2.75, 3.05) is 6.61 Å². The molecular formula is C8H13N5O4. The van der Waals surface area contributed by atoms with Gasteiger partial charge in [-0.25, -0.2) is 15.1 Å². The number of urea groups is 1. The maximum atomic E-state index is 11.2. The standard InChI is InChI=1S/C8H13N5O4/c1-5(7-11-9-4-13(7)2)10-8(16)12-17-3-6(14)15/h4-5H,3H2,1-2H3,(H,14,15)(H2,10,12,16). The molecule has 1 aromatic rings. The molecule has 17 heavy (non-hydrogen) atoms. The first kappa shape index (κ1) is 12.9. The van der Waals surface area contributed by atoms with E-state index in [9.17, 15) is 9.59 Å². The summed E-state index contributed by atoms with van der Waals surface area (Å²) < 4.78 is 1.66. The molecule has 0 bridgehead atoms. The van der Waals surface area contributed by atoms with Gasteiger partial charge in [0.2, 0.25) is 0 Å². The molecule has 0 radical (unpaired) electrons. The molecule has 0 saturated heterocycles. The van der Waals surface area contributed by atoms with E-state index in [1.54, 1.807) is 18.5 Å². The highest BCUT2D eigenvalue weighted by atomic mass is 16.7. The molecule has 0 aliphatic rings. The fourth-order valence-corrected chi connectivity index (χ4v) is 1.14. The molecule has 0 aliphatic carbocycles. The number of amides is 2. The summed E-state index contributed by atoms with van der Waals surface area (Å²) in [5, 5.41) is 18.3. The highest BCUT2D eigenvalue weighted by molar-refractivity contribution is 5.73. The second-order valence-electron chi connectivity index (χ2n) is 3.28. The number of aryl methyl sites for hydroxylation is 1. The van der Waals surface area contributed by atoms with Crippen molar-refractivity contribution >= 4 is 12.0 Å². The van der Waals surface area contributed by atoms with Gasteiger partial charge < -0.3 is 15.0 Å². The molecular weight excluding hydrogens is 230 g/mol. The van der Waals surface area contributed by atoms with Crippen LogP contribution in [-0.2, 0) is 16.7 Å². The Kier molecular flexibility index (Phi) is 4.40. The summed E-state index contributed by atoms with van der Waals surface area (Å²) >= 11 is 0. The summed E-state index contributed by atoms with van der Waals surface area (Å²) in [7, 11) is 1.74. The van der Waals surface area contributed by atoms with E-state index >= 15 is 0 Å². The van der Waals surface area contributed by atoms with Gasteiger partial charge in [-0.2, -0.15) is 0 Å². The predicted octanol–water partition coefficient (Wildman–Crippen LogP) is -0.808. The van der Waals surface area contributed by atoms with E-state index in [-0.39, 0.29) is 6.04 Å². The maximum absolute atomic E-state index is 11.2. The fraction of sp³-hybridized carbons (Fsp3) is 0.500. The van der Waals surface area contributed by atoms with Crippen molar-refractivity contribution in [3.05, 3.63) is 12.2 Å². The number of rotatable bonds is 5. The summed E-state index contributed by atoms with van der Waals surface area (Å²) in [6.07, 6.45) is 1.51. The van der Waals surface area contributed by atoms with E-state index in [2.05, 4.69) is 20.4 Å². The molecule has 1 heterocycles. The van der Waals surface area contributed by atoms with Crippen LogP contribution in [0.5, 0.6) is 0 Å². The quantitative estimate of drug-likeness (QED) is 0.582. The van der Waals surface area contributed by atoms with Crippen molar-refractivity contribution in [2.45, 2.75) is 13.0 Å². The molecule has 0 fully saturated rings. The van der Waals surface area contributed by atoms with E-state index in [0.29, 0.717) is 5.82 Å². The highest BCUT2D eigenvalue weighted by Gasteiger charge is 2.14. The van der Waals surface area contributed by atoms with Crippen LogP contribution < -0.4 is 10.8 Å². The molecule has 94 valence electrons. The Hall–Kier alpha value is -2.16. The van der Waals surface area contributed by atoms with Crippen LogP contribution in [0, 0.1) is 0 Å². The summed E-state index contributed by atoms with van der Waals surface area (Å²) in [6, 6.07) is -1.03. The van der Waals surface area contributed by atoms with Gasteiger partial charge >= 0.3 is 12.0 Å². The molecule has 0 saturated carbocycles. The smallest absolute Gasteiger partial charge is 0.339 e. The number of carboxylic acids is 1. The average molecular weight is 243 g/mol. The largest absolute Gasteiger partial charge is 0.479 e. The van der Waals surface area contributed by atoms with Crippen molar-refractivity contribution in [1.82, 2.24) is 25.6 Å². The number of hydrogen-bond donors (Lipinski definition) is 3. The zero-order valence-corrected chi connectivity index (χ0v) is 9.38. The lowest BCUT2D eigenvalue weighted by Crippen LogP contribution is -2.38. The summed E-state index contributed by atoms with van der Waals surface area (Å²) in [5.74, 6) is -0.606. The first-order valence-corrected chi connectivity index (χ1v) is 4.74. The van der Waals surface area contributed by atoms with E-state index in [1.165, 1.54) is 6.33 Å². The second kappa shape index (κ2) is 5.80. The van der Waals surface area contributed by atoms with Crippen molar-refractivity contribution in [3.63, 3.8) is 0 Å². The SMILES string of the molecule is CC(NC(=O)NOCC(=O)O)c1nncn1C. The summed E-state index contributed by atoms with van der Waals surface area (Å²) in [5.41, 5.74) is 1.94. The lowest BCUT2D eigenvalue weighted by Gasteiger charge is -2.13. The number of carbonyl (C=O) groups excluding carboxylic acids is 1. The molecule has 1 rings (SSSR count). The van der Waals surface area contributed by atoms with E-state index in [0.717, 1.165) is 0 Å². The Morgan fingerprint density at radius 2 is 2.35 bits per heavy atom.